The summed E-state index contributed by atoms with van der Waals surface area (Å²) in [5, 5.41) is 6.11. The summed E-state index contributed by atoms with van der Waals surface area (Å²) in [6, 6.07) is 5.78. The van der Waals surface area contributed by atoms with Crippen molar-refractivity contribution in [1.29, 1.82) is 0 Å². The molecule has 104 valence electrons. The van der Waals surface area contributed by atoms with Crippen LogP contribution < -0.4 is 10.6 Å². The van der Waals surface area contributed by atoms with E-state index >= 15 is 0 Å². The van der Waals surface area contributed by atoms with Gasteiger partial charge in [-0.25, -0.2) is 4.98 Å². The second-order valence-corrected chi connectivity index (χ2v) is 5.19. The van der Waals surface area contributed by atoms with E-state index in [1.54, 1.807) is 13.1 Å². The van der Waals surface area contributed by atoms with Crippen molar-refractivity contribution in [3.8, 4) is 0 Å². The zero-order valence-electron chi connectivity index (χ0n) is 11.8. The maximum atomic E-state index is 12.2. The summed E-state index contributed by atoms with van der Waals surface area (Å²) in [6.07, 6.45) is 5.96. The molecule has 0 aliphatic heterocycles. The molecule has 0 bridgehead atoms. The van der Waals surface area contributed by atoms with Crippen LogP contribution in [0.4, 0.5) is 5.82 Å². The third-order valence-corrected chi connectivity index (χ3v) is 3.99. The maximum absolute atomic E-state index is 12.2. The standard InChI is InChI=1S/C15H23N3O/c1-3-11-7-4-5-8-12(11)18-15(19)13-9-6-10-14(16-2)17-13/h6,9-12H,3-5,7-8H2,1-2H3,(H,16,17)(H,18,19). The normalized spacial score (nSPS) is 22.8. The van der Waals surface area contributed by atoms with E-state index in [0.717, 1.165) is 18.7 Å². The molecule has 19 heavy (non-hydrogen) atoms. The quantitative estimate of drug-likeness (QED) is 0.876. The minimum absolute atomic E-state index is 0.0533. The van der Waals surface area contributed by atoms with Gasteiger partial charge in [0.15, 0.2) is 0 Å². The lowest BCUT2D eigenvalue weighted by molar-refractivity contribution is 0.0900. The summed E-state index contributed by atoms with van der Waals surface area (Å²) in [7, 11) is 1.80. The summed E-state index contributed by atoms with van der Waals surface area (Å²) in [6.45, 7) is 2.20. The summed E-state index contributed by atoms with van der Waals surface area (Å²) in [5.41, 5.74) is 0.493. The van der Waals surface area contributed by atoms with Gasteiger partial charge in [0.05, 0.1) is 0 Å². The van der Waals surface area contributed by atoms with E-state index < -0.39 is 0 Å². The van der Waals surface area contributed by atoms with Gasteiger partial charge >= 0.3 is 0 Å². The lowest BCUT2D eigenvalue weighted by Gasteiger charge is -2.31. The molecule has 1 aromatic heterocycles. The van der Waals surface area contributed by atoms with Crippen molar-refractivity contribution in [3.63, 3.8) is 0 Å². The number of anilines is 1. The molecule has 1 heterocycles. The molecule has 0 radical (unpaired) electrons. The zero-order valence-corrected chi connectivity index (χ0v) is 11.8. The smallest absolute Gasteiger partial charge is 0.270 e. The van der Waals surface area contributed by atoms with E-state index in [1.807, 2.05) is 12.1 Å². The Hall–Kier alpha value is -1.58. The summed E-state index contributed by atoms with van der Waals surface area (Å²) < 4.78 is 0. The second kappa shape index (κ2) is 6.55. The van der Waals surface area contributed by atoms with Gasteiger partial charge in [-0.15, -0.1) is 0 Å². The van der Waals surface area contributed by atoms with Gasteiger partial charge in [-0.3, -0.25) is 4.79 Å². The van der Waals surface area contributed by atoms with Crippen molar-refractivity contribution >= 4 is 11.7 Å². The predicted octanol–water partition coefficient (Wildman–Crippen LogP) is 2.82. The van der Waals surface area contributed by atoms with Crippen LogP contribution in [0.1, 0.15) is 49.5 Å². The number of aromatic nitrogens is 1. The van der Waals surface area contributed by atoms with E-state index in [-0.39, 0.29) is 5.91 Å². The number of nitrogens with zero attached hydrogens (tertiary/aromatic N) is 1. The van der Waals surface area contributed by atoms with Crippen molar-refractivity contribution in [2.45, 2.75) is 45.1 Å². The summed E-state index contributed by atoms with van der Waals surface area (Å²) >= 11 is 0. The van der Waals surface area contributed by atoms with Crippen LogP contribution in [-0.2, 0) is 0 Å². The number of hydrogen-bond acceptors (Lipinski definition) is 3. The van der Waals surface area contributed by atoms with Gasteiger partial charge in [0, 0.05) is 13.1 Å². The van der Waals surface area contributed by atoms with E-state index in [1.165, 1.54) is 19.3 Å². The van der Waals surface area contributed by atoms with Crippen LogP contribution in [0.3, 0.4) is 0 Å². The molecule has 4 nitrogen and oxygen atoms in total. The average molecular weight is 261 g/mol. The fourth-order valence-electron chi connectivity index (χ4n) is 2.83. The number of carbonyl (C=O) groups is 1. The molecular formula is C15H23N3O. The lowest BCUT2D eigenvalue weighted by Crippen LogP contribution is -2.42. The van der Waals surface area contributed by atoms with Gasteiger partial charge < -0.3 is 10.6 Å². The highest BCUT2D eigenvalue weighted by Gasteiger charge is 2.25. The molecule has 1 saturated carbocycles. The first-order valence-electron chi connectivity index (χ1n) is 7.20. The van der Waals surface area contributed by atoms with Crippen LogP contribution in [-0.4, -0.2) is 24.0 Å². The van der Waals surface area contributed by atoms with Crippen molar-refractivity contribution in [3.05, 3.63) is 23.9 Å². The van der Waals surface area contributed by atoms with Crippen LogP contribution >= 0.6 is 0 Å². The van der Waals surface area contributed by atoms with Crippen LogP contribution in [0.2, 0.25) is 0 Å². The van der Waals surface area contributed by atoms with Gasteiger partial charge in [-0.2, -0.15) is 0 Å². The number of hydrogen-bond donors (Lipinski definition) is 2. The fraction of sp³-hybridized carbons (Fsp3) is 0.600. The van der Waals surface area contributed by atoms with Crippen molar-refractivity contribution < 1.29 is 4.79 Å². The Morgan fingerprint density at radius 3 is 2.89 bits per heavy atom. The summed E-state index contributed by atoms with van der Waals surface area (Å²) in [5.74, 6) is 1.29. The molecule has 2 atom stereocenters. The molecule has 1 aliphatic rings. The highest BCUT2D eigenvalue weighted by molar-refractivity contribution is 5.92. The van der Waals surface area contributed by atoms with Gasteiger partial charge in [-0.05, 0) is 30.9 Å². The molecule has 2 rings (SSSR count). The Kier molecular flexibility index (Phi) is 4.77. The van der Waals surface area contributed by atoms with Crippen molar-refractivity contribution in [2.24, 2.45) is 5.92 Å². The Morgan fingerprint density at radius 1 is 1.37 bits per heavy atom. The molecule has 1 amide bonds. The molecule has 2 unspecified atom stereocenters. The first-order valence-corrected chi connectivity index (χ1v) is 7.20. The first kappa shape index (κ1) is 13.8. The van der Waals surface area contributed by atoms with Gasteiger partial charge in [0.1, 0.15) is 11.5 Å². The molecular weight excluding hydrogens is 238 g/mol. The first-order chi connectivity index (χ1) is 9.24. The fourth-order valence-corrected chi connectivity index (χ4v) is 2.83. The SMILES string of the molecule is CCC1CCCCC1NC(=O)c1cccc(NC)n1. The van der Waals surface area contributed by atoms with E-state index in [4.69, 9.17) is 0 Å². The third kappa shape index (κ3) is 3.46. The maximum Gasteiger partial charge on any atom is 0.270 e. The van der Waals surface area contributed by atoms with Crippen LogP contribution in [0.25, 0.3) is 0 Å². The number of carbonyl (C=O) groups excluding carboxylic acids is 1. The third-order valence-electron chi connectivity index (χ3n) is 3.99. The second-order valence-electron chi connectivity index (χ2n) is 5.19. The highest BCUT2D eigenvalue weighted by atomic mass is 16.1. The van der Waals surface area contributed by atoms with E-state index in [9.17, 15) is 4.79 Å². The van der Waals surface area contributed by atoms with Crippen LogP contribution in [0, 0.1) is 5.92 Å². The molecule has 0 spiro atoms. The number of pyridine rings is 1. The van der Waals surface area contributed by atoms with Crippen molar-refractivity contribution in [1.82, 2.24) is 10.3 Å². The Balaban J connectivity index is 2.02. The molecule has 4 heteroatoms. The topological polar surface area (TPSA) is 54.0 Å². The predicted molar refractivity (Wildman–Crippen MR) is 77.3 cm³/mol. The van der Waals surface area contributed by atoms with E-state index in [2.05, 4.69) is 22.5 Å². The highest BCUT2D eigenvalue weighted by Crippen LogP contribution is 2.26. The average Bonchev–Trinajstić information content (AvgIpc) is 2.47. The Morgan fingerprint density at radius 2 is 2.16 bits per heavy atom. The van der Waals surface area contributed by atoms with Crippen LogP contribution in [0.5, 0.6) is 0 Å². The lowest BCUT2D eigenvalue weighted by atomic mass is 9.83. The molecule has 0 saturated heterocycles. The van der Waals surface area contributed by atoms with Crippen molar-refractivity contribution in [2.75, 3.05) is 12.4 Å². The molecule has 2 N–H and O–H groups in total. The number of rotatable bonds is 4. The zero-order chi connectivity index (χ0) is 13.7. The van der Waals surface area contributed by atoms with Crippen LogP contribution in [0.15, 0.2) is 18.2 Å². The van der Waals surface area contributed by atoms with Gasteiger partial charge in [0.2, 0.25) is 0 Å². The minimum atomic E-state index is -0.0533. The molecule has 1 aliphatic carbocycles. The van der Waals surface area contributed by atoms with Gasteiger partial charge in [-0.1, -0.05) is 32.3 Å². The summed E-state index contributed by atoms with van der Waals surface area (Å²) in [4.78, 5) is 16.5. The molecule has 0 aromatic carbocycles. The number of nitrogens with one attached hydrogen (secondary N) is 2. The molecule has 1 aromatic rings. The minimum Gasteiger partial charge on any atom is -0.373 e. The van der Waals surface area contributed by atoms with E-state index in [0.29, 0.717) is 17.7 Å². The molecule has 1 fully saturated rings. The largest absolute Gasteiger partial charge is 0.373 e. The van der Waals surface area contributed by atoms with Gasteiger partial charge in [0.25, 0.3) is 5.91 Å². The Labute approximate surface area is 115 Å². The Bertz CT molecular complexity index is 433. The monoisotopic (exact) mass is 261 g/mol. The number of amides is 1.